The van der Waals surface area contributed by atoms with E-state index in [1.165, 1.54) is 0 Å². The highest BCUT2D eigenvalue weighted by Crippen LogP contribution is 2.32. The molecule has 0 aliphatic heterocycles. The molecule has 0 bridgehead atoms. The number of hydrogen-bond acceptors (Lipinski definition) is 4. The first-order chi connectivity index (χ1) is 10.8. The van der Waals surface area contributed by atoms with Gasteiger partial charge < -0.3 is 4.52 Å². The van der Waals surface area contributed by atoms with Crippen LogP contribution in [0.1, 0.15) is 24.3 Å². The van der Waals surface area contributed by atoms with Crippen LogP contribution in [0.5, 0.6) is 0 Å². The Kier molecular flexibility index (Phi) is 4.10. The van der Waals surface area contributed by atoms with Crippen LogP contribution in [0.3, 0.4) is 0 Å². The normalized spacial score (nSPS) is 12.6. The molecule has 1 aromatic heterocycles. The fraction of sp³-hybridized carbons (Fsp3) is 0.167. The van der Waals surface area contributed by atoms with E-state index in [9.17, 15) is 0 Å². The minimum absolute atomic E-state index is 0.123. The molecule has 1 atom stereocenters. The summed E-state index contributed by atoms with van der Waals surface area (Å²) in [4.78, 5) is 0. The Labute approximate surface area is 129 Å². The first-order valence-electron chi connectivity index (χ1n) is 7.23. The molecule has 110 valence electrons. The van der Waals surface area contributed by atoms with Gasteiger partial charge in [-0.2, -0.15) is 10.2 Å². The Morgan fingerprint density at radius 1 is 0.955 bits per heavy atom. The van der Waals surface area contributed by atoms with Gasteiger partial charge in [0.2, 0.25) is 0 Å². The van der Waals surface area contributed by atoms with Gasteiger partial charge in [0.15, 0.2) is 0 Å². The van der Waals surface area contributed by atoms with Crippen LogP contribution in [-0.4, -0.2) is 5.16 Å². The van der Waals surface area contributed by atoms with Crippen LogP contribution in [-0.2, 0) is 0 Å². The predicted molar refractivity (Wildman–Crippen MR) is 86.0 cm³/mol. The number of aromatic nitrogens is 1. The van der Waals surface area contributed by atoms with Crippen LogP contribution in [0.25, 0.3) is 11.3 Å². The van der Waals surface area contributed by atoms with Crippen LogP contribution >= 0.6 is 0 Å². The predicted octanol–water partition coefficient (Wildman–Crippen LogP) is 5.49. The highest BCUT2D eigenvalue weighted by molar-refractivity contribution is 5.63. The molecule has 0 radical (unpaired) electrons. The Hall–Kier alpha value is -2.75. The zero-order valence-corrected chi connectivity index (χ0v) is 12.6. The molecule has 3 aromatic rings. The molecule has 0 saturated heterocycles. The molecule has 0 fully saturated rings. The zero-order chi connectivity index (χ0) is 15.4. The molecule has 0 saturated carbocycles. The number of nitrogens with zero attached hydrogens (tertiary/aromatic N) is 3. The van der Waals surface area contributed by atoms with E-state index < -0.39 is 0 Å². The van der Waals surface area contributed by atoms with Crippen molar-refractivity contribution in [2.45, 2.75) is 19.9 Å². The van der Waals surface area contributed by atoms with E-state index in [4.69, 9.17) is 4.52 Å². The van der Waals surface area contributed by atoms with Gasteiger partial charge in [0.1, 0.15) is 11.5 Å². The minimum atomic E-state index is -0.123. The summed E-state index contributed by atoms with van der Waals surface area (Å²) in [5.74, 6) is 0.776. The smallest absolute Gasteiger partial charge is 0.139 e. The first-order valence-corrected chi connectivity index (χ1v) is 7.23. The minimum Gasteiger partial charge on any atom is -0.361 e. The van der Waals surface area contributed by atoms with Crippen LogP contribution < -0.4 is 0 Å². The third kappa shape index (κ3) is 2.96. The Morgan fingerprint density at radius 2 is 1.59 bits per heavy atom. The fourth-order valence-electron chi connectivity index (χ4n) is 2.38. The summed E-state index contributed by atoms with van der Waals surface area (Å²) >= 11 is 0. The van der Waals surface area contributed by atoms with Crippen molar-refractivity contribution >= 4 is 5.69 Å². The number of aryl methyl sites for hydroxylation is 1. The number of hydrogen-bond donors (Lipinski definition) is 0. The molecule has 2 aromatic carbocycles. The summed E-state index contributed by atoms with van der Waals surface area (Å²) in [7, 11) is 0. The van der Waals surface area contributed by atoms with Crippen molar-refractivity contribution in [3.8, 4) is 11.3 Å². The monoisotopic (exact) mass is 291 g/mol. The molecule has 22 heavy (non-hydrogen) atoms. The molecule has 1 heterocycles. The van der Waals surface area contributed by atoms with Gasteiger partial charge in [-0.05, 0) is 26.0 Å². The zero-order valence-electron chi connectivity index (χ0n) is 12.6. The van der Waals surface area contributed by atoms with Crippen molar-refractivity contribution in [3.05, 3.63) is 72.0 Å². The lowest BCUT2D eigenvalue weighted by Gasteiger charge is -2.06. The van der Waals surface area contributed by atoms with Crippen molar-refractivity contribution < 1.29 is 4.52 Å². The maximum atomic E-state index is 5.37. The summed E-state index contributed by atoms with van der Waals surface area (Å²) in [6, 6.07) is 19.6. The molecule has 3 rings (SSSR count). The second kappa shape index (κ2) is 6.35. The quantitative estimate of drug-likeness (QED) is 0.596. The van der Waals surface area contributed by atoms with Crippen molar-refractivity contribution in [1.82, 2.24) is 5.16 Å². The lowest BCUT2D eigenvalue weighted by Crippen LogP contribution is -1.93. The molecule has 4 nitrogen and oxygen atoms in total. The van der Waals surface area contributed by atoms with Gasteiger partial charge >= 0.3 is 0 Å². The Morgan fingerprint density at radius 3 is 2.27 bits per heavy atom. The van der Waals surface area contributed by atoms with Crippen LogP contribution in [0.2, 0.25) is 0 Å². The lowest BCUT2D eigenvalue weighted by atomic mass is 10.0. The van der Waals surface area contributed by atoms with Crippen LogP contribution in [0, 0.1) is 6.92 Å². The largest absolute Gasteiger partial charge is 0.361 e. The lowest BCUT2D eigenvalue weighted by molar-refractivity contribution is 0.397. The summed E-state index contributed by atoms with van der Waals surface area (Å²) in [6.07, 6.45) is 0. The van der Waals surface area contributed by atoms with Crippen molar-refractivity contribution in [2.24, 2.45) is 10.2 Å². The van der Waals surface area contributed by atoms with E-state index in [-0.39, 0.29) is 6.04 Å². The molecular formula is C18H17N3O. The van der Waals surface area contributed by atoms with Gasteiger partial charge in [-0.1, -0.05) is 53.7 Å². The second-order valence-electron chi connectivity index (χ2n) is 5.09. The van der Waals surface area contributed by atoms with Gasteiger partial charge in [-0.15, -0.1) is 0 Å². The van der Waals surface area contributed by atoms with Crippen LogP contribution in [0.4, 0.5) is 5.69 Å². The third-order valence-electron chi connectivity index (χ3n) is 3.48. The molecule has 0 N–H and O–H groups in total. The molecule has 0 spiro atoms. The average Bonchev–Trinajstić information content (AvgIpc) is 2.96. The Balaban J connectivity index is 1.92. The molecular weight excluding hydrogens is 274 g/mol. The van der Waals surface area contributed by atoms with Crippen molar-refractivity contribution in [2.75, 3.05) is 0 Å². The van der Waals surface area contributed by atoms with E-state index in [2.05, 4.69) is 15.4 Å². The molecule has 4 heteroatoms. The molecule has 0 aliphatic carbocycles. The van der Waals surface area contributed by atoms with Crippen molar-refractivity contribution in [3.63, 3.8) is 0 Å². The fourth-order valence-corrected chi connectivity index (χ4v) is 2.38. The molecule has 0 amide bonds. The van der Waals surface area contributed by atoms with Crippen molar-refractivity contribution in [1.29, 1.82) is 0 Å². The third-order valence-corrected chi connectivity index (χ3v) is 3.48. The molecule has 0 aliphatic rings. The first kappa shape index (κ1) is 14.2. The maximum Gasteiger partial charge on any atom is 0.139 e. The van der Waals surface area contributed by atoms with Crippen LogP contribution in [0.15, 0.2) is 75.4 Å². The van der Waals surface area contributed by atoms with Gasteiger partial charge in [0.25, 0.3) is 0 Å². The van der Waals surface area contributed by atoms with Gasteiger partial charge in [-0.25, -0.2) is 0 Å². The number of rotatable bonds is 4. The SMILES string of the molecule is Cc1onc(-c2ccccc2)c1C(C)N=Nc1ccccc1. The molecule has 1 unspecified atom stereocenters. The van der Waals surface area contributed by atoms with Gasteiger partial charge in [-0.3, -0.25) is 0 Å². The average molecular weight is 291 g/mol. The topological polar surface area (TPSA) is 50.8 Å². The van der Waals surface area contributed by atoms with Gasteiger partial charge in [0.05, 0.1) is 11.7 Å². The Bertz CT molecular complexity index is 764. The second-order valence-corrected chi connectivity index (χ2v) is 5.09. The summed E-state index contributed by atoms with van der Waals surface area (Å²) < 4.78 is 5.37. The van der Waals surface area contributed by atoms with E-state index >= 15 is 0 Å². The summed E-state index contributed by atoms with van der Waals surface area (Å²) in [5, 5.41) is 12.9. The van der Waals surface area contributed by atoms with E-state index in [1.54, 1.807) is 0 Å². The van der Waals surface area contributed by atoms with E-state index in [0.29, 0.717) is 0 Å². The number of benzene rings is 2. The maximum absolute atomic E-state index is 5.37. The van der Waals surface area contributed by atoms with E-state index in [1.807, 2.05) is 74.5 Å². The number of azo groups is 1. The highest BCUT2D eigenvalue weighted by Gasteiger charge is 2.20. The summed E-state index contributed by atoms with van der Waals surface area (Å²) in [5.41, 5.74) is 3.67. The van der Waals surface area contributed by atoms with Gasteiger partial charge in [0, 0.05) is 11.1 Å². The van der Waals surface area contributed by atoms with E-state index in [0.717, 1.165) is 28.3 Å². The summed E-state index contributed by atoms with van der Waals surface area (Å²) in [6.45, 7) is 3.90. The highest BCUT2D eigenvalue weighted by atomic mass is 16.5. The standard InChI is InChI=1S/C18H17N3O/c1-13(19-20-16-11-7-4-8-12-16)17-14(2)22-21-18(17)15-9-5-3-6-10-15/h3-13H,1-2H3.